The fourth-order valence-electron chi connectivity index (χ4n) is 1.35. The highest BCUT2D eigenvalue weighted by molar-refractivity contribution is 5.95. The fraction of sp³-hybridized carbons (Fsp3) is 0.417. The van der Waals surface area contributed by atoms with Crippen molar-refractivity contribution in [1.82, 2.24) is 5.32 Å². The molecule has 3 nitrogen and oxygen atoms in total. The van der Waals surface area contributed by atoms with Crippen molar-refractivity contribution in [2.75, 3.05) is 12.3 Å². The van der Waals surface area contributed by atoms with Gasteiger partial charge >= 0.3 is 0 Å². The molecule has 0 radical (unpaired) electrons. The fourth-order valence-corrected chi connectivity index (χ4v) is 1.35. The van der Waals surface area contributed by atoms with E-state index in [4.69, 9.17) is 5.73 Å². The van der Waals surface area contributed by atoms with Gasteiger partial charge in [0, 0.05) is 12.2 Å². The molecule has 0 aliphatic carbocycles. The predicted molar refractivity (Wildman–Crippen MR) is 62.7 cm³/mol. The summed E-state index contributed by atoms with van der Waals surface area (Å²) in [4.78, 5) is 11.7. The molecule has 16 heavy (non-hydrogen) atoms. The molecule has 0 unspecified atom stereocenters. The number of hydrogen-bond donors (Lipinski definition) is 2. The Morgan fingerprint density at radius 3 is 2.69 bits per heavy atom. The SMILES string of the molecule is Cc1cc(N)cc(C(=O)NCC(C)C)c1F. The molecule has 3 N–H and O–H groups in total. The summed E-state index contributed by atoms with van der Waals surface area (Å²) in [5.41, 5.74) is 6.37. The van der Waals surface area contributed by atoms with Crippen LogP contribution in [0, 0.1) is 18.7 Å². The molecule has 0 saturated carbocycles. The normalized spacial score (nSPS) is 10.6. The molecule has 0 bridgehead atoms. The summed E-state index contributed by atoms with van der Waals surface area (Å²) in [6, 6.07) is 2.87. The molecule has 88 valence electrons. The van der Waals surface area contributed by atoms with E-state index in [0.29, 0.717) is 23.7 Å². The van der Waals surface area contributed by atoms with Gasteiger partial charge in [-0.2, -0.15) is 0 Å². The average Bonchev–Trinajstić information content (AvgIpc) is 2.19. The van der Waals surface area contributed by atoms with Crippen LogP contribution in [0.25, 0.3) is 0 Å². The first-order valence-electron chi connectivity index (χ1n) is 5.25. The Morgan fingerprint density at radius 2 is 2.12 bits per heavy atom. The van der Waals surface area contributed by atoms with Crippen molar-refractivity contribution in [2.45, 2.75) is 20.8 Å². The molecule has 0 fully saturated rings. The van der Waals surface area contributed by atoms with E-state index in [2.05, 4.69) is 5.32 Å². The largest absolute Gasteiger partial charge is 0.399 e. The van der Waals surface area contributed by atoms with Crippen molar-refractivity contribution in [1.29, 1.82) is 0 Å². The van der Waals surface area contributed by atoms with Gasteiger partial charge in [0.1, 0.15) is 5.82 Å². The highest BCUT2D eigenvalue weighted by Crippen LogP contribution is 2.16. The second-order valence-corrected chi connectivity index (χ2v) is 4.30. The number of carbonyl (C=O) groups excluding carboxylic acids is 1. The zero-order valence-corrected chi connectivity index (χ0v) is 9.80. The Morgan fingerprint density at radius 1 is 1.50 bits per heavy atom. The number of aryl methyl sites for hydroxylation is 1. The third-order valence-electron chi connectivity index (χ3n) is 2.19. The number of nitrogens with two attached hydrogens (primary N) is 1. The van der Waals surface area contributed by atoms with Gasteiger partial charge in [0.25, 0.3) is 5.91 Å². The Bertz CT molecular complexity index is 402. The van der Waals surface area contributed by atoms with Crippen molar-refractivity contribution in [3.05, 3.63) is 29.1 Å². The molecule has 1 rings (SSSR count). The molecule has 1 amide bonds. The summed E-state index contributed by atoms with van der Waals surface area (Å²) in [5, 5.41) is 2.66. The van der Waals surface area contributed by atoms with Crippen LogP contribution in [0.5, 0.6) is 0 Å². The zero-order valence-electron chi connectivity index (χ0n) is 9.80. The van der Waals surface area contributed by atoms with Gasteiger partial charge in [0.15, 0.2) is 0 Å². The lowest BCUT2D eigenvalue weighted by Crippen LogP contribution is -2.28. The van der Waals surface area contributed by atoms with E-state index in [1.165, 1.54) is 12.1 Å². The van der Waals surface area contributed by atoms with Gasteiger partial charge in [-0.25, -0.2) is 4.39 Å². The van der Waals surface area contributed by atoms with E-state index in [1.807, 2.05) is 13.8 Å². The monoisotopic (exact) mass is 224 g/mol. The minimum atomic E-state index is -0.504. The number of anilines is 1. The van der Waals surface area contributed by atoms with Crippen molar-refractivity contribution in [3.63, 3.8) is 0 Å². The highest BCUT2D eigenvalue weighted by atomic mass is 19.1. The lowest BCUT2D eigenvalue weighted by molar-refractivity contribution is 0.0945. The van der Waals surface area contributed by atoms with Gasteiger partial charge in [0.05, 0.1) is 5.56 Å². The first-order valence-corrected chi connectivity index (χ1v) is 5.25. The quantitative estimate of drug-likeness (QED) is 0.772. The lowest BCUT2D eigenvalue weighted by atomic mass is 10.1. The van der Waals surface area contributed by atoms with Gasteiger partial charge in [-0.3, -0.25) is 4.79 Å². The summed E-state index contributed by atoms with van der Waals surface area (Å²) in [6.45, 7) is 6.06. The van der Waals surface area contributed by atoms with Crippen LogP contribution in [-0.4, -0.2) is 12.5 Å². The Kier molecular flexibility index (Phi) is 3.88. The number of amides is 1. The van der Waals surface area contributed by atoms with E-state index < -0.39 is 11.7 Å². The molecule has 1 aromatic carbocycles. The van der Waals surface area contributed by atoms with E-state index in [-0.39, 0.29) is 5.56 Å². The van der Waals surface area contributed by atoms with Crippen LogP contribution in [0.15, 0.2) is 12.1 Å². The lowest BCUT2D eigenvalue weighted by Gasteiger charge is -2.10. The zero-order chi connectivity index (χ0) is 12.3. The number of nitrogens with one attached hydrogen (secondary N) is 1. The van der Waals surface area contributed by atoms with Gasteiger partial charge in [-0.05, 0) is 30.5 Å². The van der Waals surface area contributed by atoms with Crippen LogP contribution < -0.4 is 11.1 Å². The number of benzene rings is 1. The first kappa shape index (κ1) is 12.5. The number of rotatable bonds is 3. The number of halogens is 1. The highest BCUT2D eigenvalue weighted by Gasteiger charge is 2.14. The van der Waals surface area contributed by atoms with Crippen LogP contribution in [0.2, 0.25) is 0 Å². The van der Waals surface area contributed by atoms with Crippen LogP contribution in [0.4, 0.5) is 10.1 Å². The molecule has 0 aromatic heterocycles. The smallest absolute Gasteiger partial charge is 0.254 e. The third kappa shape index (κ3) is 2.95. The summed E-state index contributed by atoms with van der Waals surface area (Å²) < 4.78 is 13.6. The number of nitrogen functional groups attached to an aromatic ring is 1. The van der Waals surface area contributed by atoms with Gasteiger partial charge in [-0.15, -0.1) is 0 Å². The molecule has 0 saturated heterocycles. The summed E-state index contributed by atoms with van der Waals surface area (Å²) in [7, 11) is 0. The van der Waals surface area contributed by atoms with Gasteiger partial charge < -0.3 is 11.1 Å². The van der Waals surface area contributed by atoms with E-state index in [0.717, 1.165) is 0 Å². The standard InChI is InChI=1S/C12H17FN2O/c1-7(2)6-15-12(16)10-5-9(14)4-8(3)11(10)13/h4-5,7H,6,14H2,1-3H3,(H,15,16). The maximum Gasteiger partial charge on any atom is 0.254 e. The second kappa shape index (κ2) is 4.96. The van der Waals surface area contributed by atoms with E-state index >= 15 is 0 Å². The number of carbonyl (C=O) groups is 1. The Balaban J connectivity index is 2.91. The summed E-state index contributed by atoms with van der Waals surface area (Å²) in [5.74, 6) is -0.591. The average molecular weight is 224 g/mol. The van der Waals surface area contributed by atoms with Crippen LogP contribution in [0.3, 0.4) is 0 Å². The maximum atomic E-state index is 13.6. The molecule has 0 aliphatic heterocycles. The topological polar surface area (TPSA) is 55.1 Å². The van der Waals surface area contributed by atoms with Gasteiger partial charge in [0.2, 0.25) is 0 Å². The molecular formula is C12H17FN2O. The van der Waals surface area contributed by atoms with Crippen molar-refractivity contribution < 1.29 is 9.18 Å². The molecule has 0 atom stereocenters. The molecule has 0 spiro atoms. The molecule has 4 heteroatoms. The van der Waals surface area contributed by atoms with Crippen LogP contribution in [0.1, 0.15) is 29.8 Å². The van der Waals surface area contributed by atoms with Crippen molar-refractivity contribution in [2.24, 2.45) is 5.92 Å². The second-order valence-electron chi connectivity index (χ2n) is 4.30. The molecule has 0 heterocycles. The molecular weight excluding hydrogens is 207 g/mol. The van der Waals surface area contributed by atoms with Crippen molar-refractivity contribution in [3.8, 4) is 0 Å². The summed E-state index contributed by atoms with van der Waals surface area (Å²) in [6.07, 6.45) is 0. The minimum absolute atomic E-state index is 0.0122. The number of hydrogen-bond acceptors (Lipinski definition) is 2. The van der Waals surface area contributed by atoms with E-state index in [9.17, 15) is 9.18 Å². The Labute approximate surface area is 94.8 Å². The van der Waals surface area contributed by atoms with Crippen LogP contribution in [-0.2, 0) is 0 Å². The van der Waals surface area contributed by atoms with E-state index in [1.54, 1.807) is 6.92 Å². The van der Waals surface area contributed by atoms with Gasteiger partial charge in [-0.1, -0.05) is 13.8 Å². The molecule has 0 aliphatic rings. The van der Waals surface area contributed by atoms with Crippen LogP contribution >= 0.6 is 0 Å². The first-order chi connectivity index (χ1) is 7.41. The minimum Gasteiger partial charge on any atom is -0.399 e. The third-order valence-corrected chi connectivity index (χ3v) is 2.19. The summed E-state index contributed by atoms with van der Waals surface area (Å²) >= 11 is 0. The van der Waals surface area contributed by atoms with Crippen molar-refractivity contribution >= 4 is 11.6 Å². The predicted octanol–water partition coefficient (Wildman–Crippen LogP) is 2.10. The maximum absolute atomic E-state index is 13.6. The Hall–Kier alpha value is -1.58. The molecule has 1 aromatic rings.